The lowest BCUT2D eigenvalue weighted by molar-refractivity contribution is -0.118. The van der Waals surface area contributed by atoms with Crippen LogP contribution >= 0.6 is 23.2 Å². The molecule has 0 saturated heterocycles. The lowest BCUT2D eigenvalue weighted by Crippen LogP contribution is -2.48. The summed E-state index contributed by atoms with van der Waals surface area (Å²) in [6, 6.07) is 4.24. The third kappa shape index (κ3) is 2.85. The van der Waals surface area contributed by atoms with Crippen LogP contribution in [0.1, 0.15) is 38.3 Å². The van der Waals surface area contributed by atoms with E-state index in [-0.39, 0.29) is 17.2 Å². The van der Waals surface area contributed by atoms with Gasteiger partial charge in [-0.25, -0.2) is 4.79 Å². The second kappa shape index (κ2) is 5.28. The van der Waals surface area contributed by atoms with Crippen LogP contribution in [0.3, 0.4) is 0 Å². The first-order chi connectivity index (χ1) is 10.2. The third-order valence-electron chi connectivity index (χ3n) is 3.97. The largest absolute Gasteiger partial charge is 0.327 e. The number of halogens is 2. The molecule has 22 heavy (non-hydrogen) atoms. The van der Waals surface area contributed by atoms with Crippen molar-refractivity contribution in [3.05, 3.63) is 45.1 Å². The Morgan fingerprint density at radius 2 is 1.73 bits per heavy atom. The van der Waals surface area contributed by atoms with E-state index in [4.69, 9.17) is 23.2 Å². The molecular formula is C16H16Cl2N2O2. The van der Waals surface area contributed by atoms with Crippen molar-refractivity contribution in [3.8, 4) is 0 Å². The van der Waals surface area contributed by atoms with E-state index in [0.717, 1.165) is 0 Å². The fraction of sp³-hybridized carbons (Fsp3) is 0.375. The van der Waals surface area contributed by atoms with Gasteiger partial charge in [0.15, 0.2) is 5.78 Å². The predicted molar refractivity (Wildman–Crippen MR) is 85.9 cm³/mol. The molecule has 2 N–H and O–H groups in total. The van der Waals surface area contributed by atoms with E-state index < -0.39 is 6.04 Å². The first-order valence-corrected chi connectivity index (χ1v) is 7.80. The fourth-order valence-corrected chi connectivity index (χ4v) is 3.69. The van der Waals surface area contributed by atoms with E-state index in [0.29, 0.717) is 39.7 Å². The number of nitrogens with one attached hydrogen (secondary N) is 2. The van der Waals surface area contributed by atoms with Gasteiger partial charge in [-0.05, 0) is 35.6 Å². The predicted octanol–water partition coefficient (Wildman–Crippen LogP) is 3.99. The Balaban J connectivity index is 2.10. The first-order valence-electron chi connectivity index (χ1n) is 7.05. The number of allylic oxidation sites excluding steroid dienone is 1. The maximum Gasteiger partial charge on any atom is 0.319 e. The van der Waals surface area contributed by atoms with Crippen LogP contribution in [-0.4, -0.2) is 11.8 Å². The molecule has 1 unspecified atom stereocenters. The van der Waals surface area contributed by atoms with Gasteiger partial charge in [0.1, 0.15) is 0 Å². The van der Waals surface area contributed by atoms with Crippen LogP contribution in [0.2, 0.25) is 10.0 Å². The summed E-state index contributed by atoms with van der Waals surface area (Å²) >= 11 is 12.1. The van der Waals surface area contributed by atoms with Crippen molar-refractivity contribution in [2.75, 3.05) is 0 Å². The molecule has 1 aliphatic heterocycles. The number of ketones is 1. The minimum Gasteiger partial charge on any atom is -0.327 e. The van der Waals surface area contributed by atoms with Crippen molar-refractivity contribution in [2.45, 2.75) is 32.7 Å². The van der Waals surface area contributed by atoms with Gasteiger partial charge in [0, 0.05) is 27.7 Å². The maximum absolute atomic E-state index is 12.6. The summed E-state index contributed by atoms with van der Waals surface area (Å²) in [5.41, 5.74) is 1.87. The molecule has 6 heteroatoms. The number of urea groups is 1. The average Bonchev–Trinajstić information content (AvgIpc) is 2.34. The van der Waals surface area contributed by atoms with Crippen molar-refractivity contribution in [3.63, 3.8) is 0 Å². The first kappa shape index (κ1) is 15.4. The van der Waals surface area contributed by atoms with E-state index in [1.54, 1.807) is 18.2 Å². The lowest BCUT2D eigenvalue weighted by atomic mass is 9.73. The van der Waals surface area contributed by atoms with Crippen LogP contribution < -0.4 is 10.6 Å². The number of benzene rings is 1. The van der Waals surface area contributed by atoms with Crippen LogP contribution in [-0.2, 0) is 4.79 Å². The van der Waals surface area contributed by atoms with Crippen LogP contribution in [0.4, 0.5) is 4.79 Å². The SMILES string of the molecule is CC1(C)CC(=O)C2=C(C1)NC(=O)NC2c1cc(Cl)cc(Cl)c1. The number of hydrogen-bond acceptors (Lipinski definition) is 2. The quantitative estimate of drug-likeness (QED) is 0.813. The zero-order valence-electron chi connectivity index (χ0n) is 12.3. The molecule has 0 saturated carbocycles. The number of hydrogen-bond donors (Lipinski definition) is 2. The summed E-state index contributed by atoms with van der Waals surface area (Å²) in [6.07, 6.45) is 1.11. The number of amides is 2. The van der Waals surface area contributed by atoms with Crippen molar-refractivity contribution in [2.24, 2.45) is 5.41 Å². The van der Waals surface area contributed by atoms with Crippen molar-refractivity contribution >= 4 is 35.0 Å². The molecule has 1 aromatic rings. The van der Waals surface area contributed by atoms with Crippen LogP contribution in [0, 0.1) is 5.41 Å². The Morgan fingerprint density at radius 3 is 2.36 bits per heavy atom. The number of Topliss-reactive ketones (excluding diaryl/α,β-unsaturated/α-hetero) is 1. The summed E-state index contributed by atoms with van der Waals surface area (Å²) in [6.45, 7) is 4.04. The Labute approximate surface area is 138 Å². The molecule has 3 rings (SSSR count). The van der Waals surface area contributed by atoms with Crippen molar-refractivity contribution in [1.82, 2.24) is 10.6 Å². The highest BCUT2D eigenvalue weighted by atomic mass is 35.5. The molecule has 0 radical (unpaired) electrons. The summed E-state index contributed by atoms with van der Waals surface area (Å²) in [4.78, 5) is 24.5. The smallest absolute Gasteiger partial charge is 0.319 e. The zero-order chi connectivity index (χ0) is 16.1. The van der Waals surface area contributed by atoms with E-state index in [9.17, 15) is 9.59 Å². The molecule has 0 bridgehead atoms. The molecule has 0 fully saturated rings. The summed E-state index contributed by atoms with van der Waals surface area (Å²) in [5, 5.41) is 6.52. The Hall–Kier alpha value is -1.52. The van der Waals surface area contributed by atoms with Gasteiger partial charge < -0.3 is 10.6 Å². The number of carbonyl (C=O) groups excluding carboxylic acids is 2. The van der Waals surface area contributed by atoms with Gasteiger partial charge >= 0.3 is 6.03 Å². The lowest BCUT2D eigenvalue weighted by Gasteiger charge is -2.38. The molecule has 1 aromatic carbocycles. The van der Waals surface area contributed by atoms with E-state index in [1.807, 2.05) is 13.8 Å². The highest BCUT2D eigenvalue weighted by molar-refractivity contribution is 6.34. The molecule has 1 heterocycles. The van der Waals surface area contributed by atoms with Crippen molar-refractivity contribution < 1.29 is 9.59 Å². The van der Waals surface area contributed by atoms with Gasteiger partial charge in [-0.3, -0.25) is 4.79 Å². The molecule has 1 aliphatic carbocycles. The number of carbonyl (C=O) groups is 2. The highest BCUT2D eigenvalue weighted by Crippen LogP contribution is 2.41. The summed E-state index contributed by atoms with van der Waals surface area (Å²) in [5.74, 6) is 0.0415. The third-order valence-corrected chi connectivity index (χ3v) is 4.40. The molecular weight excluding hydrogens is 323 g/mol. The van der Waals surface area contributed by atoms with Gasteiger partial charge in [0.25, 0.3) is 0 Å². The Morgan fingerprint density at radius 1 is 1.09 bits per heavy atom. The van der Waals surface area contributed by atoms with E-state index in [2.05, 4.69) is 10.6 Å². The van der Waals surface area contributed by atoms with Gasteiger partial charge in [-0.1, -0.05) is 37.0 Å². The van der Waals surface area contributed by atoms with Crippen LogP contribution in [0.25, 0.3) is 0 Å². The second-order valence-corrected chi connectivity index (χ2v) is 7.44. The monoisotopic (exact) mass is 338 g/mol. The average molecular weight is 339 g/mol. The Kier molecular flexibility index (Phi) is 3.69. The zero-order valence-corrected chi connectivity index (χ0v) is 13.8. The molecule has 116 valence electrons. The topological polar surface area (TPSA) is 58.2 Å². The molecule has 1 atom stereocenters. The summed E-state index contributed by atoms with van der Waals surface area (Å²) < 4.78 is 0. The van der Waals surface area contributed by atoms with Gasteiger partial charge in [0.2, 0.25) is 0 Å². The fourth-order valence-electron chi connectivity index (χ4n) is 3.15. The van der Waals surface area contributed by atoms with Gasteiger partial charge in [-0.2, -0.15) is 0 Å². The summed E-state index contributed by atoms with van der Waals surface area (Å²) in [7, 11) is 0. The highest BCUT2D eigenvalue weighted by Gasteiger charge is 2.40. The molecule has 2 aliphatic rings. The van der Waals surface area contributed by atoms with Crippen LogP contribution in [0.15, 0.2) is 29.5 Å². The van der Waals surface area contributed by atoms with Crippen LogP contribution in [0.5, 0.6) is 0 Å². The van der Waals surface area contributed by atoms with E-state index >= 15 is 0 Å². The molecule has 4 nitrogen and oxygen atoms in total. The normalized spacial score (nSPS) is 23.7. The Bertz CT molecular complexity index is 690. The molecule has 0 spiro atoms. The van der Waals surface area contributed by atoms with E-state index in [1.165, 1.54) is 0 Å². The molecule has 0 aromatic heterocycles. The minimum atomic E-state index is -0.511. The number of rotatable bonds is 1. The van der Waals surface area contributed by atoms with Crippen molar-refractivity contribution in [1.29, 1.82) is 0 Å². The maximum atomic E-state index is 12.6. The standard InChI is InChI=1S/C16H16Cl2N2O2/c1-16(2)6-11-13(12(21)7-16)14(20-15(22)19-11)8-3-9(17)5-10(18)4-8/h3-5,14H,6-7H2,1-2H3,(H2,19,20,22). The second-order valence-electron chi connectivity index (χ2n) is 6.57. The van der Waals surface area contributed by atoms with Gasteiger partial charge in [0.05, 0.1) is 6.04 Å². The molecule has 2 amide bonds. The van der Waals surface area contributed by atoms with Gasteiger partial charge in [-0.15, -0.1) is 0 Å². The minimum absolute atomic E-state index is 0.0415.